The van der Waals surface area contributed by atoms with Gasteiger partial charge in [-0.15, -0.1) is 24.0 Å². The Morgan fingerprint density at radius 3 is 2.52 bits per heavy atom. The smallest absolute Gasteiger partial charge is 0.188 e. The number of guanidine groups is 1. The number of benzene rings is 1. The molecule has 21 heavy (non-hydrogen) atoms. The molecule has 1 aromatic rings. The first-order chi connectivity index (χ1) is 9.70. The molecule has 1 aliphatic rings. The molecule has 3 N–H and O–H groups in total. The Labute approximate surface area is 144 Å². The molecule has 0 aliphatic carbocycles. The molecule has 1 fully saturated rings. The third-order valence-electron chi connectivity index (χ3n) is 3.67. The molecule has 1 saturated heterocycles. The lowest BCUT2D eigenvalue weighted by atomic mass is 10.0. The summed E-state index contributed by atoms with van der Waals surface area (Å²) in [5.74, 6) is 0.482. The number of hydrogen-bond donors (Lipinski definition) is 2. The van der Waals surface area contributed by atoms with Crippen molar-refractivity contribution in [3.8, 4) is 0 Å². The second kappa shape index (κ2) is 9.22. The Bertz CT molecular complexity index is 443. The highest BCUT2D eigenvalue weighted by atomic mass is 127. The van der Waals surface area contributed by atoms with E-state index < -0.39 is 0 Å². The predicted octanol–water partition coefficient (Wildman–Crippen LogP) is 1.52. The summed E-state index contributed by atoms with van der Waals surface area (Å²) in [6, 6.07) is 8.98. The van der Waals surface area contributed by atoms with E-state index in [2.05, 4.69) is 46.4 Å². The van der Waals surface area contributed by atoms with Crippen LogP contribution in [0.25, 0.3) is 0 Å². The van der Waals surface area contributed by atoms with Crippen molar-refractivity contribution >= 4 is 29.9 Å². The van der Waals surface area contributed by atoms with Gasteiger partial charge in [-0.25, -0.2) is 0 Å². The summed E-state index contributed by atoms with van der Waals surface area (Å²) in [7, 11) is 1.69. The number of hydrogen-bond acceptors (Lipinski definition) is 3. The minimum Gasteiger partial charge on any atom is -0.379 e. The van der Waals surface area contributed by atoms with Crippen molar-refractivity contribution < 1.29 is 4.74 Å². The van der Waals surface area contributed by atoms with E-state index in [1.165, 1.54) is 11.1 Å². The zero-order valence-electron chi connectivity index (χ0n) is 12.7. The number of halogens is 1. The van der Waals surface area contributed by atoms with E-state index in [1.807, 2.05) is 0 Å². The van der Waals surface area contributed by atoms with Gasteiger partial charge in [0, 0.05) is 26.7 Å². The number of ether oxygens (including phenoxy) is 1. The van der Waals surface area contributed by atoms with E-state index in [9.17, 15) is 0 Å². The van der Waals surface area contributed by atoms with Crippen LogP contribution in [0.2, 0.25) is 0 Å². The van der Waals surface area contributed by atoms with Gasteiger partial charge in [0.2, 0.25) is 0 Å². The highest BCUT2D eigenvalue weighted by molar-refractivity contribution is 14.0. The molecular formula is C15H25IN4O. The normalized spacial score (nSPS) is 17.9. The van der Waals surface area contributed by atoms with Gasteiger partial charge in [0.15, 0.2) is 5.96 Å². The zero-order chi connectivity index (χ0) is 14.4. The van der Waals surface area contributed by atoms with Crippen LogP contribution in [0.5, 0.6) is 0 Å². The van der Waals surface area contributed by atoms with E-state index in [0.717, 1.165) is 32.8 Å². The van der Waals surface area contributed by atoms with Crippen LogP contribution in [0.4, 0.5) is 0 Å². The predicted molar refractivity (Wildman–Crippen MR) is 97.3 cm³/mol. The van der Waals surface area contributed by atoms with Crippen LogP contribution in [-0.4, -0.2) is 50.8 Å². The number of morpholine rings is 1. The number of nitrogens with zero attached hydrogens (tertiary/aromatic N) is 2. The largest absolute Gasteiger partial charge is 0.379 e. The first kappa shape index (κ1) is 18.2. The highest BCUT2D eigenvalue weighted by Crippen LogP contribution is 2.21. The number of aliphatic imine (C=N–C) groups is 1. The Morgan fingerprint density at radius 1 is 1.33 bits per heavy atom. The maximum absolute atomic E-state index is 5.75. The molecule has 0 bridgehead atoms. The molecule has 0 aromatic heterocycles. The molecule has 118 valence electrons. The van der Waals surface area contributed by atoms with Gasteiger partial charge in [0.25, 0.3) is 0 Å². The van der Waals surface area contributed by atoms with Gasteiger partial charge >= 0.3 is 0 Å². The molecule has 2 rings (SSSR count). The van der Waals surface area contributed by atoms with Crippen LogP contribution in [0.1, 0.15) is 17.2 Å². The van der Waals surface area contributed by atoms with Crippen molar-refractivity contribution in [1.82, 2.24) is 10.2 Å². The second-order valence-electron chi connectivity index (χ2n) is 5.06. The number of nitrogens with one attached hydrogen (secondary N) is 1. The Morgan fingerprint density at radius 2 is 1.95 bits per heavy atom. The first-order valence-corrected chi connectivity index (χ1v) is 7.05. The summed E-state index contributed by atoms with van der Waals surface area (Å²) in [6.07, 6.45) is 0. The Balaban J connectivity index is 0.00000220. The van der Waals surface area contributed by atoms with Crippen molar-refractivity contribution in [1.29, 1.82) is 0 Å². The van der Waals surface area contributed by atoms with Gasteiger partial charge < -0.3 is 15.8 Å². The molecule has 0 amide bonds. The third-order valence-corrected chi connectivity index (χ3v) is 3.67. The van der Waals surface area contributed by atoms with Crippen LogP contribution in [0.3, 0.4) is 0 Å². The van der Waals surface area contributed by atoms with Gasteiger partial charge in [-0.05, 0) is 12.5 Å². The molecule has 1 heterocycles. The Kier molecular flexibility index (Phi) is 7.98. The molecule has 1 aliphatic heterocycles. The number of rotatable bonds is 4. The van der Waals surface area contributed by atoms with Gasteiger partial charge in [0.1, 0.15) is 0 Å². The van der Waals surface area contributed by atoms with Gasteiger partial charge in [0.05, 0.1) is 19.3 Å². The molecule has 0 spiro atoms. The summed E-state index contributed by atoms with van der Waals surface area (Å²) < 4.78 is 5.44. The van der Waals surface area contributed by atoms with Crippen molar-refractivity contribution in [3.63, 3.8) is 0 Å². The summed E-state index contributed by atoms with van der Waals surface area (Å²) in [4.78, 5) is 6.39. The van der Waals surface area contributed by atoms with Crippen LogP contribution in [-0.2, 0) is 4.74 Å². The second-order valence-corrected chi connectivity index (χ2v) is 5.06. The standard InChI is InChI=1S/C15H24N4O.HI/c1-12-3-5-13(6-4-12)14(11-18-15(16)17-2)19-7-9-20-10-8-19;/h3-6,14H,7-11H2,1-2H3,(H3,16,17,18);1H. The molecule has 0 saturated carbocycles. The Hall–Kier alpha value is -0.860. The summed E-state index contributed by atoms with van der Waals surface area (Å²) in [6.45, 7) is 6.34. The van der Waals surface area contributed by atoms with E-state index in [-0.39, 0.29) is 24.0 Å². The van der Waals surface area contributed by atoms with Gasteiger partial charge in [-0.1, -0.05) is 29.8 Å². The average Bonchev–Trinajstić information content (AvgIpc) is 2.50. The minimum absolute atomic E-state index is 0. The molecule has 1 aromatic carbocycles. The lowest BCUT2D eigenvalue weighted by Gasteiger charge is -2.35. The fraction of sp³-hybridized carbons (Fsp3) is 0.533. The SMILES string of the molecule is CN=C(N)NCC(c1ccc(C)cc1)N1CCOCC1.I. The van der Waals surface area contributed by atoms with Crippen LogP contribution < -0.4 is 11.1 Å². The van der Waals surface area contributed by atoms with Crippen molar-refractivity contribution in [2.75, 3.05) is 39.9 Å². The monoisotopic (exact) mass is 404 g/mol. The van der Waals surface area contributed by atoms with Crippen LogP contribution >= 0.6 is 24.0 Å². The van der Waals surface area contributed by atoms with E-state index in [1.54, 1.807) is 7.05 Å². The van der Waals surface area contributed by atoms with Crippen LogP contribution in [0, 0.1) is 6.92 Å². The molecule has 1 unspecified atom stereocenters. The maximum atomic E-state index is 5.75. The highest BCUT2D eigenvalue weighted by Gasteiger charge is 2.22. The van der Waals surface area contributed by atoms with Crippen molar-refractivity contribution in [2.24, 2.45) is 10.7 Å². The topological polar surface area (TPSA) is 62.9 Å². The molecule has 6 heteroatoms. The molecule has 0 radical (unpaired) electrons. The summed E-state index contributed by atoms with van der Waals surface area (Å²) >= 11 is 0. The number of nitrogens with two attached hydrogens (primary N) is 1. The van der Waals surface area contributed by atoms with E-state index in [0.29, 0.717) is 12.0 Å². The van der Waals surface area contributed by atoms with E-state index in [4.69, 9.17) is 10.5 Å². The first-order valence-electron chi connectivity index (χ1n) is 7.05. The quantitative estimate of drug-likeness (QED) is 0.454. The average molecular weight is 404 g/mol. The van der Waals surface area contributed by atoms with Gasteiger partial charge in [-0.3, -0.25) is 9.89 Å². The number of aryl methyl sites for hydroxylation is 1. The minimum atomic E-state index is 0. The summed E-state index contributed by atoms with van der Waals surface area (Å²) in [5.41, 5.74) is 8.32. The van der Waals surface area contributed by atoms with Crippen molar-refractivity contribution in [2.45, 2.75) is 13.0 Å². The molecule has 1 atom stereocenters. The lowest BCUT2D eigenvalue weighted by Crippen LogP contribution is -2.45. The third kappa shape index (κ3) is 5.44. The zero-order valence-corrected chi connectivity index (χ0v) is 15.0. The van der Waals surface area contributed by atoms with Crippen LogP contribution in [0.15, 0.2) is 29.3 Å². The fourth-order valence-corrected chi connectivity index (χ4v) is 2.42. The van der Waals surface area contributed by atoms with Gasteiger partial charge in [-0.2, -0.15) is 0 Å². The van der Waals surface area contributed by atoms with Crippen molar-refractivity contribution in [3.05, 3.63) is 35.4 Å². The fourth-order valence-electron chi connectivity index (χ4n) is 2.42. The van der Waals surface area contributed by atoms with E-state index >= 15 is 0 Å². The molecular weight excluding hydrogens is 379 g/mol. The summed E-state index contributed by atoms with van der Waals surface area (Å²) in [5, 5.41) is 3.19. The maximum Gasteiger partial charge on any atom is 0.188 e. The molecule has 5 nitrogen and oxygen atoms in total. The lowest BCUT2D eigenvalue weighted by molar-refractivity contribution is 0.0170.